The predicted molar refractivity (Wildman–Crippen MR) is 508 cm³/mol. The van der Waals surface area contributed by atoms with E-state index in [1.165, 1.54) is 89.5 Å². The van der Waals surface area contributed by atoms with E-state index in [9.17, 15) is 107 Å². The number of anilines is 9. The minimum atomic E-state index is -3.36. The lowest BCUT2D eigenvalue weighted by molar-refractivity contribution is -0.115. The summed E-state index contributed by atoms with van der Waals surface area (Å²) < 4.78 is 274. The van der Waals surface area contributed by atoms with Crippen LogP contribution in [0.25, 0.3) is 55.6 Å². The van der Waals surface area contributed by atoms with E-state index in [1.807, 2.05) is 0 Å². The van der Waals surface area contributed by atoms with Crippen LogP contribution < -0.4 is 52.6 Å². The normalized spacial score (nSPS) is 11.4. The Hall–Kier alpha value is -15.8. The molecule has 5 heterocycles. The van der Waals surface area contributed by atoms with Crippen LogP contribution in [0, 0.1) is 52.4 Å². The third kappa shape index (κ3) is 27.9. The molecular weight excluding hydrogens is 2050 g/mol. The Balaban J connectivity index is 0.000000171. The van der Waals surface area contributed by atoms with Crippen molar-refractivity contribution in [2.45, 2.75) is 70.7 Å². The molecule has 0 saturated carbocycles. The van der Waals surface area contributed by atoms with E-state index in [4.69, 9.17) is 4.74 Å². The Morgan fingerprint density at radius 2 is 0.538 bits per heavy atom. The van der Waals surface area contributed by atoms with Gasteiger partial charge in [-0.15, -0.1) is 0 Å². The van der Waals surface area contributed by atoms with Crippen LogP contribution in [0.2, 0.25) is 0 Å². The van der Waals surface area contributed by atoms with Gasteiger partial charge >= 0.3 is 24.1 Å². The van der Waals surface area contributed by atoms with Gasteiger partial charge < -0.3 is 31.3 Å². The van der Waals surface area contributed by atoms with Crippen molar-refractivity contribution in [1.82, 2.24) is 48.9 Å². The SMILES string of the molecule is COc1ccc(-c2c(C(C)(F)F)nn(C)c2NC(=O)Nc2ccc(F)cc2F)cc1.Cn1nc(C(C)(F)F)c(-c2ccc(Br)cc2)c1NC(=O)Cc1ccccc1F.Cn1nc(C(C)(F)F)c(-c2ccc(Br)cc2)c1NC(=O)Nc1ccc(F)cc1F.Cn1nc(C(C)(F)F)c(-c2ccc(F)cc2)c1NC(=O)Nc1ccc(F)cc1F.Cn1nc(C(C)(F)F)c(-c2ccc(F)cc2)c1NC(=O)Nc1ccccc1. The number of alkyl halides is 10. The van der Waals surface area contributed by atoms with Crippen molar-refractivity contribution in [3.8, 4) is 61.4 Å². The fraction of sp³-hybridized carbons (Fsp3) is 0.175. The van der Waals surface area contributed by atoms with Crippen LogP contribution in [-0.4, -0.2) is 86.0 Å². The van der Waals surface area contributed by atoms with E-state index in [2.05, 4.69) is 105 Å². The van der Waals surface area contributed by atoms with Crippen molar-refractivity contribution < 1.29 is 112 Å². The number of amides is 9. The number of carbonyl (C=O) groups excluding carboxylic acids is 5. The van der Waals surface area contributed by atoms with Crippen LogP contribution in [0.1, 0.15) is 68.7 Å². The topological polar surface area (TPSA) is 292 Å². The van der Waals surface area contributed by atoms with Gasteiger partial charge in [0.1, 0.15) is 116 Å². The van der Waals surface area contributed by atoms with E-state index in [-0.39, 0.29) is 91.5 Å². The molecule has 46 heteroatoms. The number of aromatic nitrogens is 10. The molecular formula is C97H82Br2F19N19O6. The van der Waals surface area contributed by atoms with Gasteiger partial charge in [-0.3, -0.25) is 49.5 Å². The van der Waals surface area contributed by atoms with Crippen molar-refractivity contribution in [3.05, 3.63) is 326 Å². The first-order chi connectivity index (χ1) is 67.1. The lowest BCUT2D eigenvalue weighted by atomic mass is 10.0. The average molecular weight is 2130 g/mol. The van der Waals surface area contributed by atoms with Gasteiger partial charge in [0.2, 0.25) is 5.91 Å². The van der Waals surface area contributed by atoms with E-state index in [0.29, 0.717) is 72.7 Å². The van der Waals surface area contributed by atoms with Crippen LogP contribution in [-0.2, 0) is 76.1 Å². The molecule has 25 nitrogen and oxygen atoms in total. The lowest BCUT2D eigenvalue weighted by Crippen LogP contribution is -2.22. The molecule has 5 aromatic heterocycles. The summed E-state index contributed by atoms with van der Waals surface area (Å²) in [6, 6.07) is 48.3. The fourth-order valence-corrected chi connectivity index (χ4v) is 14.3. The summed E-state index contributed by atoms with van der Waals surface area (Å²) in [6.07, 6.45) is -0.227. The summed E-state index contributed by atoms with van der Waals surface area (Å²) in [5, 5.41) is 40.9. The number of nitrogens with one attached hydrogen (secondary N) is 9. The third-order valence-electron chi connectivity index (χ3n) is 20.3. The van der Waals surface area contributed by atoms with Gasteiger partial charge in [0.05, 0.1) is 58.4 Å². The van der Waals surface area contributed by atoms with E-state index < -0.39 is 140 Å². The molecule has 0 saturated heterocycles. The van der Waals surface area contributed by atoms with Gasteiger partial charge in [-0.05, 0) is 149 Å². The molecule has 0 aliphatic heterocycles. The van der Waals surface area contributed by atoms with Crippen LogP contribution in [0.3, 0.4) is 0 Å². The quantitative estimate of drug-likeness (QED) is 0.0288. The smallest absolute Gasteiger partial charge is 0.324 e. The number of halogens is 21. The van der Waals surface area contributed by atoms with Crippen LogP contribution in [0.5, 0.6) is 5.75 Å². The van der Waals surface area contributed by atoms with Crippen molar-refractivity contribution in [3.63, 3.8) is 0 Å². The second kappa shape index (κ2) is 45.2. The van der Waals surface area contributed by atoms with Crippen LogP contribution in [0.4, 0.5) is 154 Å². The maximum atomic E-state index is 14.2. The minimum Gasteiger partial charge on any atom is -0.497 e. The van der Waals surface area contributed by atoms with Gasteiger partial charge in [0.15, 0.2) is 0 Å². The highest BCUT2D eigenvalue weighted by Crippen LogP contribution is 2.47. The molecule has 748 valence electrons. The molecule has 0 aliphatic carbocycles. The monoisotopic (exact) mass is 2130 g/mol. The number of hydrogen-bond donors (Lipinski definition) is 9. The number of nitrogens with zero attached hydrogens (tertiary/aromatic N) is 10. The van der Waals surface area contributed by atoms with Gasteiger partial charge in [-0.25, -0.2) is 58.7 Å². The number of ether oxygens (including phenoxy) is 1. The molecule has 0 aliphatic rings. The highest BCUT2D eigenvalue weighted by atomic mass is 79.9. The summed E-state index contributed by atoms with van der Waals surface area (Å²) in [7, 11) is 8.49. The van der Waals surface area contributed by atoms with Gasteiger partial charge in [-0.1, -0.05) is 129 Å². The first kappa shape index (κ1) is 108. The molecule has 0 unspecified atom stereocenters. The Bertz CT molecular complexity index is 6940. The Kier molecular flexibility index (Phi) is 34.0. The summed E-state index contributed by atoms with van der Waals surface area (Å²) in [5.41, 5.74) is -0.902. The Morgan fingerprint density at radius 1 is 0.294 bits per heavy atom. The zero-order valence-electron chi connectivity index (χ0n) is 76.5. The van der Waals surface area contributed by atoms with Crippen molar-refractivity contribution >= 4 is 114 Å². The molecule has 143 heavy (non-hydrogen) atoms. The summed E-state index contributed by atoms with van der Waals surface area (Å²) in [6.45, 7) is 3.51. The number of benzene rings is 10. The third-order valence-corrected chi connectivity index (χ3v) is 21.3. The lowest BCUT2D eigenvalue weighted by Gasteiger charge is -2.13. The van der Waals surface area contributed by atoms with Gasteiger partial charge in [0, 0.05) is 103 Å². The maximum absolute atomic E-state index is 14.2. The molecule has 0 atom stereocenters. The zero-order valence-corrected chi connectivity index (χ0v) is 79.7. The number of carbonyl (C=O) groups is 5. The second-order valence-electron chi connectivity index (χ2n) is 31.5. The maximum Gasteiger partial charge on any atom is 0.324 e. The van der Waals surface area contributed by atoms with E-state index in [0.717, 1.165) is 102 Å². The highest BCUT2D eigenvalue weighted by molar-refractivity contribution is 9.10. The fourth-order valence-electron chi connectivity index (χ4n) is 13.8. The molecule has 0 spiro atoms. The zero-order chi connectivity index (χ0) is 105. The van der Waals surface area contributed by atoms with Crippen molar-refractivity contribution in [1.29, 1.82) is 0 Å². The standard InChI is InChI=1S/C20H17BrF3N3O.C20H18F4N4O2.C19H15BrF4N4O.C19H15F5N4O.C19H17F3N4O/c1-20(23,24)18-17(12-7-9-14(21)10-8-12)19(27(2)26-18)25-16(28)11-13-5-3-4-6-15(13)22;1-20(23,24)17-16(11-4-7-13(30-3)8-5-11)18(28(2)27-17)26-19(29)25-15-9-6-12(21)10-14(15)22;2*1-19(23,24)16-15(10-3-5-11(20)6-4-10)17(28(2)27-16)26-18(29)25-14-8-7-12(21)9-13(14)22;1-19(21,22)16-15(12-8-10-13(20)11-9-12)17(26(2)25-16)24-18(27)23-14-6-4-3-5-7-14/h3-10H,11H2,1-2H3,(H,25,28);4-10H,1-3H3,(H2,25,26,29);2*3-9H,1-2H3,(H2,25,26,29);3-11H,1-2H3,(H2,23,24,27). The first-order valence-corrected chi connectivity index (χ1v) is 43.4. The first-order valence-electron chi connectivity index (χ1n) is 41.8. The largest absolute Gasteiger partial charge is 0.497 e. The van der Waals surface area contributed by atoms with Crippen molar-refractivity contribution in [2.75, 3.05) is 55.0 Å². The number of hydrogen-bond acceptors (Lipinski definition) is 11. The molecule has 15 rings (SSSR count). The number of para-hydroxylation sites is 1. The Labute approximate surface area is 818 Å². The average Bonchev–Trinajstić information content (AvgIpc) is 1.64. The molecule has 0 bridgehead atoms. The molecule has 15 aromatic rings. The molecule has 10 aromatic carbocycles. The molecule has 0 radical (unpaired) electrons. The number of aryl methyl sites for hydroxylation is 5. The van der Waals surface area contributed by atoms with Gasteiger partial charge in [-0.2, -0.15) is 69.4 Å². The molecule has 9 amide bonds. The number of rotatable bonds is 22. The Morgan fingerprint density at radius 3 is 0.804 bits per heavy atom. The summed E-state index contributed by atoms with van der Waals surface area (Å²) in [4.78, 5) is 61.8. The van der Waals surface area contributed by atoms with Gasteiger partial charge in [0.25, 0.3) is 29.6 Å². The van der Waals surface area contributed by atoms with Crippen molar-refractivity contribution in [2.24, 2.45) is 35.2 Å². The minimum absolute atomic E-state index is 0.00220. The van der Waals surface area contributed by atoms with Crippen LogP contribution in [0.15, 0.2) is 239 Å². The molecule has 9 N–H and O–H groups in total. The predicted octanol–water partition coefficient (Wildman–Crippen LogP) is 26.5. The van der Waals surface area contributed by atoms with Crippen LogP contribution >= 0.6 is 31.9 Å². The van der Waals surface area contributed by atoms with E-state index >= 15 is 0 Å². The number of methoxy groups -OCH3 is 1. The number of urea groups is 4. The second-order valence-corrected chi connectivity index (χ2v) is 33.4. The summed E-state index contributed by atoms with van der Waals surface area (Å²) in [5.74, 6) is -23.3. The molecule has 0 fully saturated rings. The summed E-state index contributed by atoms with van der Waals surface area (Å²) >= 11 is 6.59. The highest BCUT2D eigenvalue weighted by Gasteiger charge is 2.41. The van der Waals surface area contributed by atoms with E-state index in [1.54, 1.807) is 109 Å².